The summed E-state index contributed by atoms with van der Waals surface area (Å²) in [6.45, 7) is 4.41. The molecule has 2 aliphatic heterocycles. The van der Waals surface area contributed by atoms with Gasteiger partial charge in [0.25, 0.3) is 0 Å². The van der Waals surface area contributed by atoms with Crippen LogP contribution in [0.3, 0.4) is 0 Å². The third kappa shape index (κ3) is 1.80. The number of hydrogen-bond donors (Lipinski definition) is 1. The van der Waals surface area contributed by atoms with Crippen molar-refractivity contribution in [3.8, 4) is 11.5 Å². The first kappa shape index (κ1) is 10.7. The van der Waals surface area contributed by atoms with Crippen LogP contribution >= 0.6 is 0 Å². The van der Waals surface area contributed by atoms with Gasteiger partial charge < -0.3 is 14.6 Å². The Morgan fingerprint density at radius 3 is 3.00 bits per heavy atom. The zero-order valence-corrected chi connectivity index (χ0v) is 10.1. The van der Waals surface area contributed by atoms with E-state index in [1.807, 2.05) is 32.1 Å². The van der Waals surface area contributed by atoms with Gasteiger partial charge in [-0.1, -0.05) is 6.07 Å². The Balaban J connectivity index is 2.08. The first-order chi connectivity index (χ1) is 8.05. The molecule has 0 aliphatic carbocycles. The molecule has 1 aromatic rings. The maximum atomic E-state index is 9.57. The van der Waals surface area contributed by atoms with Gasteiger partial charge in [-0.25, -0.2) is 0 Å². The lowest BCUT2D eigenvalue weighted by atomic mass is 9.96. The second-order valence-corrected chi connectivity index (χ2v) is 5.17. The van der Waals surface area contributed by atoms with Gasteiger partial charge in [-0.15, -0.1) is 0 Å². The summed E-state index contributed by atoms with van der Waals surface area (Å²) < 4.78 is 11.5. The predicted molar refractivity (Wildman–Crippen MR) is 65.4 cm³/mol. The van der Waals surface area contributed by atoms with E-state index in [4.69, 9.17) is 9.47 Å². The largest absolute Gasteiger partial charge is 0.490 e. The van der Waals surface area contributed by atoms with Crippen LogP contribution in [0.25, 0.3) is 6.08 Å². The standard InChI is InChI=1S/C14H16O3/c1-14(2)6-5-11-12(17-14)4-3-9-7-10(15)8-16-13(9)11/h3-6,10,15H,7-8H2,1-2H3/t10-/m0/s1. The second-order valence-electron chi connectivity index (χ2n) is 5.17. The van der Waals surface area contributed by atoms with Gasteiger partial charge in [0, 0.05) is 6.42 Å². The minimum atomic E-state index is -0.398. The molecule has 90 valence electrons. The average molecular weight is 232 g/mol. The van der Waals surface area contributed by atoms with Crippen LogP contribution < -0.4 is 9.47 Å². The topological polar surface area (TPSA) is 38.7 Å². The molecule has 0 unspecified atom stereocenters. The van der Waals surface area contributed by atoms with Crippen molar-refractivity contribution in [3.05, 3.63) is 29.3 Å². The van der Waals surface area contributed by atoms with Gasteiger partial charge in [0.1, 0.15) is 23.7 Å². The van der Waals surface area contributed by atoms with Crippen molar-refractivity contribution < 1.29 is 14.6 Å². The average Bonchev–Trinajstić information content (AvgIpc) is 2.27. The highest BCUT2D eigenvalue weighted by atomic mass is 16.5. The minimum Gasteiger partial charge on any atom is -0.490 e. The molecule has 0 bridgehead atoms. The zero-order chi connectivity index (χ0) is 12.0. The Bertz CT molecular complexity index is 488. The van der Waals surface area contributed by atoms with Gasteiger partial charge in [-0.2, -0.15) is 0 Å². The molecular weight excluding hydrogens is 216 g/mol. The Morgan fingerprint density at radius 1 is 1.35 bits per heavy atom. The Kier molecular flexibility index (Phi) is 2.20. The van der Waals surface area contributed by atoms with Crippen molar-refractivity contribution in [1.82, 2.24) is 0 Å². The molecule has 0 saturated carbocycles. The van der Waals surface area contributed by atoms with Crippen molar-refractivity contribution >= 4 is 6.08 Å². The van der Waals surface area contributed by atoms with Gasteiger partial charge in [0.15, 0.2) is 0 Å². The van der Waals surface area contributed by atoms with Crippen LogP contribution in [0.4, 0.5) is 0 Å². The number of fused-ring (bicyclic) bond motifs is 3. The summed E-state index contributed by atoms with van der Waals surface area (Å²) in [6, 6.07) is 3.94. The molecule has 17 heavy (non-hydrogen) atoms. The van der Waals surface area contributed by atoms with E-state index in [0.717, 1.165) is 22.6 Å². The van der Waals surface area contributed by atoms with Crippen LogP contribution in [0.1, 0.15) is 25.0 Å². The number of rotatable bonds is 0. The number of aliphatic hydroxyl groups excluding tert-OH is 1. The molecule has 0 fully saturated rings. The maximum absolute atomic E-state index is 9.57. The quantitative estimate of drug-likeness (QED) is 0.745. The number of aliphatic hydroxyl groups is 1. The van der Waals surface area contributed by atoms with E-state index in [2.05, 4.69) is 6.08 Å². The molecule has 3 nitrogen and oxygen atoms in total. The Hall–Kier alpha value is -1.48. The van der Waals surface area contributed by atoms with Crippen LogP contribution in [-0.4, -0.2) is 23.4 Å². The van der Waals surface area contributed by atoms with E-state index in [9.17, 15) is 5.11 Å². The van der Waals surface area contributed by atoms with E-state index in [1.54, 1.807) is 0 Å². The molecule has 0 spiro atoms. The van der Waals surface area contributed by atoms with E-state index in [-0.39, 0.29) is 5.60 Å². The molecule has 2 aliphatic rings. The first-order valence-electron chi connectivity index (χ1n) is 5.90. The van der Waals surface area contributed by atoms with E-state index >= 15 is 0 Å². The molecular formula is C14H16O3. The van der Waals surface area contributed by atoms with Crippen LogP contribution in [-0.2, 0) is 6.42 Å². The third-order valence-electron chi connectivity index (χ3n) is 3.14. The third-order valence-corrected chi connectivity index (χ3v) is 3.14. The molecule has 2 heterocycles. The van der Waals surface area contributed by atoms with Crippen molar-refractivity contribution in [2.45, 2.75) is 32.0 Å². The summed E-state index contributed by atoms with van der Waals surface area (Å²) in [4.78, 5) is 0. The van der Waals surface area contributed by atoms with Gasteiger partial charge in [0.2, 0.25) is 0 Å². The molecule has 1 N–H and O–H groups in total. The fourth-order valence-electron chi connectivity index (χ4n) is 2.30. The van der Waals surface area contributed by atoms with Gasteiger partial charge in [-0.3, -0.25) is 0 Å². The minimum absolute atomic E-state index is 0.268. The Morgan fingerprint density at radius 2 is 2.18 bits per heavy atom. The first-order valence-corrected chi connectivity index (χ1v) is 5.90. The number of ether oxygens (including phenoxy) is 2. The SMILES string of the molecule is CC1(C)C=Cc2c(ccc3c2OC[C@@H](O)C3)O1. The highest BCUT2D eigenvalue weighted by Gasteiger charge is 2.27. The molecule has 0 amide bonds. The van der Waals surface area contributed by atoms with Crippen LogP contribution in [0, 0.1) is 0 Å². The molecule has 0 saturated heterocycles. The van der Waals surface area contributed by atoms with Crippen molar-refractivity contribution in [2.24, 2.45) is 0 Å². The van der Waals surface area contributed by atoms with Crippen molar-refractivity contribution in [3.63, 3.8) is 0 Å². The summed E-state index contributed by atoms with van der Waals surface area (Å²) in [7, 11) is 0. The molecule has 0 radical (unpaired) electrons. The number of hydrogen-bond acceptors (Lipinski definition) is 3. The van der Waals surface area contributed by atoms with Gasteiger partial charge in [0.05, 0.1) is 11.7 Å². The maximum Gasteiger partial charge on any atom is 0.133 e. The van der Waals surface area contributed by atoms with Crippen molar-refractivity contribution in [2.75, 3.05) is 6.61 Å². The summed E-state index contributed by atoms with van der Waals surface area (Å²) in [5, 5.41) is 9.57. The summed E-state index contributed by atoms with van der Waals surface area (Å²) in [5.41, 5.74) is 1.78. The summed E-state index contributed by atoms with van der Waals surface area (Å²) >= 11 is 0. The lowest BCUT2D eigenvalue weighted by molar-refractivity contribution is 0.0906. The normalized spacial score (nSPS) is 24.3. The number of benzene rings is 1. The van der Waals surface area contributed by atoms with Crippen LogP contribution in [0.2, 0.25) is 0 Å². The lowest BCUT2D eigenvalue weighted by Gasteiger charge is -2.31. The molecule has 1 aromatic carbocycles. The highest BCUT2D eigenvalue weighted by molar-refractivity contribution is 5.69. The smallest absolute Gasteiger partial charge is 0.133 e. The molecule has 0 aromatic heterocycles. The van der Waals surface area contributed by atoms with E-state index in [0.29, 0.717) is 13.0 Å². The van der Waals surface area contributed by atoms with E-state index < -0.39 is 6.10 Å². The molecule has 1 atom stereocenters. The molecule has 3 rings (SSSR count). The monoisotopic (exact) mass is 232 g/mol. The van der Waals surface area contributed by atoms with Crippen LogP contribution in [0.5, 0.6) is 11.5 Å². The fourth-order valence-corrected chi connectivity index (χ4v) is 2.30. The van der Waals surface area contributed by atoms with Gasteiger partial charge in [-0.05, 0) is 37.6 Å². The van der Waals surface area contributed by atoms with Crippen molar-refractivity contribution in [1.29, 1.82) is 0 Å². The second kappa shape index (κ2) is 3.50. The lowest BCUT2D eigenvalue weighted by Crippen LogP contribution is -2.29. The summed E-state index contributed by atoms with van der Waals surface area (Å²) in [6.07, 6.45) is 4.34. The zero-order valence-electron chi connectivity index (χ0n) is 10.1. The highest BCUT2D eigenvalue weighted by Crippen LogP contribution is 2.40. The Labute approximate surface area is 101 Å². The molecule has 3 heteroatoms. The van der Waals surface area contributed by atoms with Crippen LogP contribution in [0.15, 0.2) is 18.2 Å². The summed E-state index contributed by atoms with van der Waals surface area (Å²) in [5.74, 6) is 1.71. The van der Waals surface area contributed by atoms with E-state index in [1.165, 1.54) is 0 Å². The predicted octanol–water partition coefficient (Wildman–Crippen LogP) is 2.17. The fraction of sp³-hybridized carbons (Fsp3) is 0.429. The van der Waals surface area contributed by atoms with Gasteiger partial charge >= 0.3 is 0 Å².